The van der Waals surface area contributed by atoms with Crippen molar-refractivity contribution in [2.75, 3.05) is 13.1 Å². The fraction of sp³-hybridized carbons (Fsp3) is 0.500. The number of carbonyl (C=O) groups excluding carboxylic acids is 2. The van der Waals surface area contributed by atoms with Crippen molar-refractivity contribution < 1.29 is 9.59 Å². The van der Waals surface area contributed by atoms with Crippen molar-refractivity contribution in [1.29, 1.82) is 0 Å². The summed E-state index contributed by atoms with van der Waals surface area (Å²) in [6.45, 7) is 1.62. The van der Waals surface area contributed by atoms with Crippen molar-refractivity contribution in [1.82, 2.24) is 15.2 Å². The van der Waals surface area contributed by atoms with Crippen LogP contribution in [0.3, 0.4) is 0 Å². The number of hydrogen-bond donors (Lipinski definition) is 3. The normalized spacial score (nSPS) is 18.8. The van der Waals surface area contributed by atoms with Gasteiger partial charge in [-0.25, -0.2) is 0 Å². The molecule has 0 aliphatic carbocycles. The highest BCUT2D eigenvalue weighted by molar-refractivity contribution is 5.98. The highest BCUT2D eigenvalue weighted by Crippen LogP contribution is 2.07. The third kappa shape index (κ3) is 2.70. The molecule has 1 saturated heterocycles. The van der Waals surface area contributed by atoms with Gasteiger partial charge in [-0.2, -0.15) is 0 Å². The van der Waals surface area contributed by atoms with Gasteiger partial charge in [-0.3, -0.25) is 9.59 Å². The number of carbonyl (C=O) groups is 2. The van der Waals surface area contributed by atoms with E-state index in [1.165, 1.54) is 6.07 Å². The lowest BCUT2D eigenvalue weighted by Crippen LogP contribution is -2.37. The molecular weight excluding hydrogens is 232 g/mol. The zero-order valence-electron chi connectivity index (χ0n) is 10.4. The summed E-state index contributed by atoms with van der Waals surface area (Å²) in [6.07, 6.45) is 3.79. The zero-order valence-corrected chi connectivity index (χ0v) is 10.4. The van der Waals surface area contributed by atoms with Crippen LogP contribution in [0.5, 0.6) is 0 Å². The second kappa shape index (κ2) is 5.22. The molecule has 1 aromatic heterocycles. The molecule has 1 aliphatic heterocycles. The van der Waals surface area contributed by atoms with Gasteiger partial charge in [0.2, 0.25) is 5.91 Å². The predicted molar refractivity (Wildman–Crippen MR) is 67.3 cm³/mol. The minimum atomic E-state index is -0.526. The van der Waals surface area contributed by atoms with Gasteiger partial charge in [-0.15, -0.1) is 0 Å². The molecule has 6 nitrogen and oxygen atoms in total. The molecule has 1 aromatic rings. The standard InChI is InChI=1S/C12H18N4O2/c1-16-7-8(11(13)17)5-10(16)12(18)15-6-9-3-2-4-14-9/h5,7,9,14H,2-4,6H2,1H3,(H2,13,17)(H,15,18). The Morgan fingerprint density at radius 3 is 2.94 bits per heavy atom. The maximum Gasteiger partial charge on any atom is 0.267 e. The number of aromatic nitrogens is 1. The highest BCUT2D eigenvalue weighted by Gasteiger charge is 2.17. The summed E-state index contributed by atoms with van der Waals surface area (Å²) >= 11 is 0. The number of nitrogens with one attached hydrogen (secondary N) is 2. The van der Waals surface area contributed by atoms with Crippen molar-refractivity contribution >= 4 is 11.8 Å². The Balaban J connectivity index is 1.97. The van der Waals surface area contributed by atoms with Crippen molar-refractivity contribution in [3.05, 3.63) is 23.5 Å². The third-order valence-electron chi connectivity index (χ3n) is 3.19. The van der Waals surface area contributed by atoms with E-state index in [1.807, 2.05) is 0 Å². The molecule has 6 heteroatoms. The molecule has 98 valence electrons. The predicted octanol–water partition coefficient (Wildman–Crippen LogP) is -0.394. The Morgan fingerprint density at radius 2 is 2.39 bits per heavy atom. The van der Waals surface area contributed by atoms with Crippen LogP contribution in [-0.2, 0) is 7.05 Å². The van der Waals surface area contributed by atoms with Crippen LogP contribution in [0, 0.1) is 0 Å². The summed E-state index contributed by atoms with van der Waals surface area (Å²) in [7, 11) is 1.72. The molecule has 1 aliphatic rings. The summed E-state index contributed by atoms with van der Waals surface area (Å²) < 4.78 is 1.61. The van der Waals surface area contributed by atoms with Crippen molar-refractivity contribution in [2.24, 2.45) is 12.8 Å². The Morgan fingerprint density at radius 1 is 1.61 bits per heavy atom. The molecule has 0 radical (unpaired) electrons. The lowest BCUT2D eigenvalue weighted by atomic mass is 10.2. The first kappa shape index (κ1) is 12.6. The Hall–Kier alpha value is -1.82. The van der Waals surface area contributed by atoms with Gasteiger partial charge in [0, 0.05) is 25.8 Å². The molecule has 2 amide bonds. The summed E-state index contributed by atoms with van der Waals surface area (Å²) in [4.78, 5) is 23.0. The molecule has 0 aromatic carbocycles. The summed E-state index contributed by atoms with van der Waals surface area (Å²) in [6, 6.07) is 1.87. The third-order valence-corrected chi connectivity index (χ3v) is 3.19. The fourth-order valence-corrected chi connectivity index (χ4v) is 2.16. The van der Waals surface area contributed by atoms with Crippen molar-refractivity contribution in [3.8, 4) is 0 Å². The van der Waals surface area contributed by atoms with Crippen molar-refractivity contribution in [2.45, 2.75) is 18.9 Å². The lowest BCUT2D eigenvalue weighted by Gasteiger charge is -2.11. The Labute approximate surface area is 106 Å². The first-order valence-electron chi connectivity index (χ1n) is 6.05. The van der Waals surface area contributed by atoms with E-state index in [9.17, 15) is 9.59 Å². The van der Waals surface area contributed by atoms with Gasteiger partial charge in [0.25, 0.3) is 5.91 Å². The average Bonchev–Trinajstić information content (AvgIpc) is 2.94. The van der Waals surface area contributed by atoms with Gasteiger partial charge in [0.05, 0.1) is 5.56 Å². The maximum absolute atomic E-state index is 11.9. The SMILES string of the molecule is Cn1cc(C(N)=O)cc1C(=O)NCC1CCCN1. The van der Waals surface area contributed by atoms with Gasteiger partial charge in [0.15, 0.2) is 0 Å². The second-order valence-electron chi connectivity index (χ2n) is 4.59. The van der Waals surface area contributed by atoms with E-state index in [0.717, 1.165) is 19.4 Å². The molecule has 1 unspecified atom stereocenters. The number of amides is 2. The van der Waals surface area contributed by atoms with E-state index in [1.54, 1.807) is 17.8 Å². The Kier molecular flexibility index (Phi) is 3.66. The quantitative estimate of drug-likeness (QED) is 0.679. The smallest absolute Gasteiger partial charge is 0.267 e. The first-order chi connectivity index (χ1) is 8.58. The second-order valence-corrected chi connectivity index (χ2v) is 4.59. The van der Waals surface area contributed by atoms with Crippen LogP contribution < -0.4 is 16.4 Å². The minimum Gasteiger partial charge on any atom is -0.366 e. The molecule has 0 bridgehead atoms. The molecule has 1 atom stereocenters. The largest absolute Gasteiger partial charge is 0.366 e. The van der Waals surface area contributed by atoms with Gasteiger partial charge in [-0.05, 0) is 25.5 Å². The molecule has 4 N–H and O–H groups in total. The van der Waals surface area contributed by atoms with Gasteiger partial charge < -0.3 is 20.9 Å². The topological polar surface area (TPSA) is 89.2 Å². The Bertz CT molecular complexity index is 461. The number of aryl methyl sites for hydroxylation is 1. The first-order valence-corrected chi connectivity index (χ1v) is 6.05. The number of rotatable bonds is 4. The minimum absolute atomic E-state index is 0.182. The van der Waals surface area contributed by atoms with Crippen LogP contribution in [0.15, 0.2) is 12.3 Å². The highest BCUT2D eigenvalue weighted by atomic mass is 16.2. The van der Waals surface area contributed by atoms with Crippen LogP contribution in [0.1, 0.15) is 33.7 Å². The summed E-state index contributed by atoms with van der Waals surface area (Å²) in [5.74, 6) is -0.708. The van der Waals surface area contributed by atoms with E-state index in [-0.39, 0.29) is 5.91 Å². The van der Waals surface area contributed by atoms with E-state index >= 15 is 0 Å². The van der Waals surface area contributed by atoms with Crippen molar-refractivity contribution in [3.63, 3.8) is 0 Å². The zero-order chi connectivity index (χ0) is 13.1. The summed E-state index contributed by atoms with van der Waals surface area (Å²) in [5, 5.41) is 6.17. The number of hydrogen-bond acceptors (Lipinski definition) is 3. The lowest BCUT2D eigenvalue weighted by molar-refractivity contribution is 0.0942. The van der Waals surface area contributed by atoms with E-state index < -0.39 is 5.91 Å². The maximum atomic E-state index is 11.9. The van der Waals surface area contributed by atoms with Crippen LogP contribution in [0.4, 0.5) is 0 Å². The summed E-state index contributed by atoms with van der Waals surface area (Å²) in [5.41, 5.74) is 5.97. The van der Waals surface area contributed by atoms with Gasteiger partial charge in [-0.1, -0.05) is 0 Å². The van der Waals surface area contributed by atoms with E-state index in [4.69, 9.17) is 5.73 Å². The van der Waals surface area contributed by atoms with Gasteiger partial charge in [0.1, 0.15) is 5.69 Å². The van der Waals surface area contributed by atoms with E-state index in [0.29, 0.717) is 23.8 Å². The number of primary amides is 1. The molecule has 2 heterocycles. The molecule has 18 heavy (non-hydrogen) atoms. The monoisotopic (exact) mass is 250 g/mol. The number of nitrogens with two attached hydrogens (primary N) is 1. The van der Waals surface area contributed by atoms with Crippen LogP contribution >= 0.6 is 0 Å². The molecule has 0 saturated carbocycles. The van der Waals surface area contributed by atoms with Crippen LogP contribution in [0.2, 0.25) is 0 Å². The van der Waals surface area contributed by atoms with Crippen LogP contribution in [0.25, 0.3) is 0 Å². The van der Waals surface area contributed by atoms with Crippen LogP contribution in [-0.4, -0.2) is 35.5 Å². The molecule has 2 rings (SSSR count). The van der Waals surface area contributed by atoms with E-state index in [2.05, 4.69) is 10.6 Å². The molecular formula is C12H18N4O2. The number of nitrogens with zero attached hydrogens (tertiary/aromatic N) is 1. The molecule has 1 fully saturated rings. The average molecular weight is 250 g/mol. The van der Waals surface area contributed by atoms with Gasteiger partial charge >= 0.3 is 0 Å². The molecule has 0 spiro atoms. The fourth-order valence-electron chi connectivity index (χ4n) is 2.16.